The third-order valence-corrected chi connectivity index (χ3v) is 6.86. The number of benzene rings is 2. The molecule has 34 heavy (non-hydrogen) atoms. The molecule has 0 saturated carbocycles. The molecule has 2 heterocycles. The second-order valence-electron chi connectivity index (χ2n) is 8.31. The number of ether oxygens (including phenoxy) is 1. The zero-order valence-electron chi connectivity index (χ0n) is 19.3. The first kappa shape index (κ1) is 24.4. The average molecular weight is 485 g/mol. The van der Waals surface area contributed by atoms with E-state index in [4.69, 9.17) is 9.72 Å². The fraction of sp³-hybridized carbons (Fsp3) is 0.400. The Bertz CT molecular complexity index is 1200. The molecule has 0 unspecified atom stereocenters. The van der Waals surface area contributed by atoms with Gasteiger partial charge in [-0.25, -0.2) is 9.37 Å². The first-order chi connectivity index (χ1) is 16.5. The molecule has 9 heteroatoms. The van der Waals surface area contributed by atoms with Gasteiger partial charge in [0, 0.05) is 45.3 Å². The van der Waals surface area contributed by atoms with Crippen molar-refractivity contribution in [1.29, 1.82) is 0 Å². The van der Waals surface area contributed by atoms with Gasteiger partial charge in [0.1, 0.15) is 5.82 Å². The van der Waals surface area contributed by atoms with E-state index in [1.807, 2.05) is 18.2 Å². The molecule has 0 radical (unpaired) electrons. The summed E-state index contributed by atoms with van der Waals surface area (Å²) in [6.07, 6.45) is 0.800. The Labute approximate surface area is 202 Å². The number of hydrogen-bond donors (Lipinski definition) is 0. The molecule has 0 N–H and O–H groups in total. The summed E-state index contributed by atoms with van der Waals surface area (Å²) in [5.74, 6) is -0.380. The molecule has 3 aromatic rings. The first-order valence-corrected chi connectivity index (χ1v) is 12.4. The Balaban J connectivity index is 1.46. The van der Waals surface area contributed by atoms with E-state index in [9.17, 15) is 14.0 Å². The normalized spacial score (nSPS) is 14.4. The maximum Gasteiger partial charge on any atom is 0.262 e. The second kappa shape index (κ2) is 11.6. The van der Waals surface area contributed by atoms with Crippen LogP contribution in [0.5, 0.6) is 0 Å². The molecule has 1 saturated heterocycles. The molecule has 0 atom stereocenters. The van der Waals surface area contributed by atoms with Gasteiger partial charge in [0.25, 0.3) is 5.56 Å². The SMILES string of the molecule is CN(Cc1ccccc1F)C(=O)CSc1nc2ccccc2c(=O)n1CCCN1CCOCC1. The molecule has 2 aromatic carbocycles. The molecule has 7 nitrogen and oxygen atoms in total. The number of halogens is 1. The molecule has 0 bridgehead atoms. The quantitative estimate of drug-likeness (QED) is 0.344. The van der Waals surface area contributed by atoms with Crippen LogP contribution in [-0.4, -0.2) is 70.9 Å². The van der Waals surface area contributed by atoms with Gasteiger partial charge in [-0.1, -0.05) is 42.1 Å². The minimum atomic E-state index is -0.333. The number of aromatic nitrogens is 2. The predicted molar refractivity (Wildman–Crippen MR) is 131 cm³/mol. The largest absolute Gasteiger partial charge is 0.379 e. The average Bonchev–Trinajstić information content (AvgIpc) is 2.86. The molecule has 180 valence electrons. The third kappa shape index (κ3) is 6.02. The van der Waals surface area contributed by atoms with E-state index in [1.165, 1.54) is 22.7 Å². The maximum atomic E-state index is 14.0. The number of carbonyl (C=O) groups excluding carboxylic acids is 1. The third-order valence-electron chi connectivity index (χ3n) is 5.90. The fourth-order valence-electron chi connectivity index (χ4n) is 3.94. The lowest BCUT2D eigenvalue weighted by Crippen LogP contribution is -2.37. The topological polar surface area (TPSA) is 67.7 Å². The summed E-state index contributed by atoms with van der Waals surface area (Å²) in [4.78, 5) is 34.5. The van der Waals surface area contributed by atoms with Gasteiger partial charge in [0.05, 0.1) is 29.9 Å². The van der Waals surface area contributed by atoms with E-state index in [1.54, 1.807) is 35.9 Å². The number of carbonyl (C=O) groups is 1. The van der Waals surface area contributed by atoms with Crippen LogP contribution in [0.15, 0.2) is 58.5 Å². The second-order valence-corrected chi connectivity index (χ2v) is 9.25. The van der Waals surface area contributed by atoms with Crippen LogP contribution >= 0.6 is 11.8 Å². The van der Waals surface area contributed by atoms with Gasteiger partial charge in [0.2, 0.25) is 5.91 Å². The molecule has 4 rings (SSSR count). The van der Waals surface area contributed by atoms with E-state index >= 15 is 0 Å². The van der Waals surface area contributed by atoms with Gasteiger partial charge in [0.15, 0.2) is 5.16 Å². The number of nitrogens with zero attached hydrogens (tertiary/aromatic N) is 4. The summed E-state index contributed by atoms with van der Waals surface area (Å²) in [5.41, 5.74) is 0.987. The molecule has 1 aliphatic rings. The van der Waals surface area contributed by atoms with Gasteiger partial charge in [-0.15, -0.1) is 0 Å². The van der Waals surface area contributed by atoms with E-state index in [0.29, 0.717) is 28.2 Å². The summed E-state index contributed by atoms with van der Waals surface area (Å²) >= 11 is 1.25. The van der Waals surface area contributed by atoms with Crippen LogP contribution in [0.2, 0.25) is 0 Å². The summed E-state index contributed by atoms with van der Waals surface area (Å²) < 4.78 is 21.0. The van der Waals surface area contributed by atoms with Gasteiger partial charge in [-0.05, 0) is 24.6 Å². The summed E-state index contributed by atoms with van der Waals surface area (Å²) in [6, 6.07) is 13.7. The van der Waals surface area contributed by atoms with Gasteiger partial charge in [-0.2, -0.15) is 0 Å². The van der Waals surface area contributed by atoms with Crippen LogP contribution in [-0.2, 0) is 22.6 Å². The van der Waals surface area contributed by atoms with Gasteiger partial charge in [-0.3, -0.25) is 19.1 Å². The predicted octanol–water partition coefficient (Wildman–Crippen LogP) is 3.01. The molecule has 1 amide bonds. The Kier molecular flexibility index (Phi) is 8.31. The molecular formula is C25H29FN4O3S. The Morgan fingerprint density at radius 3 is 2.65 bits per heavy atom. The number of para-hydroxylation sites is 1. The number of fused-ring (bicyclic) bond motifs is 1. The van der Waals surface area contributed by atoms with Crippen LogP contribution in [0.3, 0.4) is 0 Å². The van der Waals surface area contributed by atoms with Crippen LogP contribution in [0, 0.1) is 5.82 Å². The lowest BCUT2D eigenvalue weighted by molar-refractivity contribution is -0.127. The Morgan fingerprint density at radius 2 is 1.85 bits per heavy atom. The molecular weight excluding hydrogens is 455 g/mol. The van der Waals surface area contributed by atoms with Crippen molar-refractivity contribution in [3.05, 3.63) is 70.3 Å². The van der Waals surface area contributed by atoms with Crippen molar-refractivity contribution >= 4 is 28.6 Å². The fourth-order valence-corrected chi connectivity index (χ4v) is 4.90. The van der Waals surface area contributed by atoms with Crippen LogP contribution < -0.4 is 5.56 Å². The van der Waals surface area contributed by atoms with Crippen LogP contribution in [0.25, 0.3) is 10.9 Å². The number of hydrogen-bond acceptors (Lipinski definition) is 6. The van der Waals surface area contributed by atoms with Crippen molar-refractivity contribution in [3.63, 3.8) is 0 Å². The monoisotopic (exact) mass is 484 g/mol. The smallest absolute Gasteiger partial charge is 0.262 e. The summed E-state index contributed by atoms with van der Waals surface area (Å²) in [6.45, 7) is 4.85. The van der Waals surface area contributed by atoms with E-state index in [0.717, 1.165) is 39.3 Å². The highest BCUT2D eigenvalue weighted by Crippen LogP contribution is 2.19. The van der Waals surface area contributed by atoms with E-state index < -0.39 is 0 Å². The Morgan fingerprint density at radius 1 is 1.12 bits per heavy atom. The van der Waals surface area contributed by atoms with Gasteiger partial charge >= 0.3 is 0 Å². The number of thioether (sulfide) groups is 1. The lowest BCUT2D eigenvalue weighted by atomic mass is 10.2. The summed E-state index contributed by atoms with van der Waals surface area (Å²) in [5, 5.41) is 1.10. The minimum absolute atomic E-state index is 0.0952. The molecule has 1 aliphatic heterocycles. The van der Waals surface area contributed by atoms with E-state index in [2.05, 4.69) is 4.90 Å². The van der Waals surface area contributed by atoms with Crippen molar-refractivity contribution in [1.82, 2.24) is 19.4 Å². The van der Waals surface area contributed by atoms with Crippen molar-refractivity contribution in [3.8, 4) is 0 Å². The minimum Gasteiger partial charge on any atom is -0.379 e. The lowest BCUT2D eigenvalue weighted by Gasteiger charge is -2.26. The molecule has 0 aliphatic carbocycles. The van der Waals surface area contributed by atoms with E-state index in [-0.39, 0.29) is 29.6 Å². The molecule has 1 aromatic heterocycles. The van der Waals surface area contributed by atoms with Crippen LogP contribution in [0.1, 0.15) is 12.0 Å². The Hall–Kier alpha value is -2.75. The van der Waals surface area contributed by atoms with Crippen molar-refractivity contribution < 1.29 is 13.9 Å². The number of morpholine rings is 1. The highest BCUT2D eigenvalue weighted by atomic mass is 32.2. The summed E-state index contributed by atoms with van der Waals surface area (Å²) in [7, 11) is 1.65. The maximum absolute atomic E-state index is 14.0. The van der Waals surface area contributed by atoms with Crippen molar-refractivity contribution in [2.75, 3.05) is 45.6 Å². The number of amides is 1. The van der Waals surface area contributed by atoms with Crippen LogP contribution in [0.4, 0.5) is 4.39 Å². The van der Waals surface area contributed by atoms with Crippen molar-refractivity contribution in [2.45, 2.75) is 24.7 Å². The standard InChI is InChI=1S/C25H29FN4O3S/c1-28(17-19-7-2-4-9-21(19)26)23(31)18-34-25-27-22-10-5-3-8-20(22)24(32)30(25)12-6-11-29-13-15-33-16-14-29/h2-5,7-10H,6,11-18H2,1H3. The zero-order chi connectivity index (χ0) is 23.9. The first-order valence-electron chi connectivity index (χ1n) is 11.4. The van der Waals surface area contributed by atoms with Gasteiger partial charge < -0.3 is 9.64 Å². The highest BCUT2D eigenvalue weighted by Gasteiger charge is 2.17. The highest BCUT2D eigenvalue weighted by molar-refractivity contribution is 7.99. The molecule has 1 fully saturated rings. The van der Waals surface area contributed by atoms with Crippen molar-refractivity contribution in [2.24, 2.45) is 0 Å². The number of rotatable bonds is 9. The zero-order valence-corrected chi connectivity index (χ0v) is 20.1. The molecule has 0 spiro atoms.